The number of hydrogen-bond donors (Lipinski definition) is 2. The summed E-state index contributed by atoms with van der Waals surface area (Å²) in [6.07, 6.45) is 9.76. The molecular weight excluding hydrogens is 300 g/mol. The van der Waals surface area contributed by atoms with Crippen molar-refractivity contribution in [2.75, 3.05) is 25.1 Å². The molecule has 6 heteroatoms. The summed E-state index contributed by atoms with van der Waals surface area (Å²) in [6.45, 7) is 1.94. The third-order valence-electron chi connectivity index (χ3n) is 5.03. The maximum atomic E-state index is 13.0. The van der Waals surface area contributed by atoms with E-state index < -0.39 is 17.6 Å². The lowest BCUT2D eigenvalue weighted by Gasteiger charge is -2.43. The minimum Gasteiger partial charge on any atom is -0.480 e. The van der Waals surface area contributed by atoms with Crippen LogP contribution in [0.25, 0.3) is 0 Å². The molecule has 0 aromatic carbocycles. The van der Waals surface area contributed by atoms with Gasteiger partial charge in [-0.1, -0.05) is 19.3 Å². The van der Waals surface area contributed by atoms with Gasteiger partial charge in [-0.3, -0.25) is 9.69 Å². The lowest BCUT2D eigenvalue weighted by molar-refractivity contribution is -0.145. The second-order valence-corrected chi connectivity index (χ2v) is 7.42. The molecule has 0 spiro atoms. The van der Waals surface area contributed by atoms with Crippen molar-refractivity contribution < 1.29 is 14.7 Å². The molecular formula is C16H28N2O3S. The number of hydrogen-bond acceptors (Lipinski definition) is 4. The number of carboxylic acids is 1. The van der Waals surface area contributed by atoms with E-state index >= 15 is 0 Å². The molecule has 2 rings (SSSR count). The minimum atomic E-state index is -0.921. The molecule has 1 saturated carbocycles. The molecule has 1 unspecified atom stereocenters. The Morgan fingerprint density at radius 2 is 1.82 bits per heavy atom. The number of likely N-dealkylation sites (tertiary alicyclic amines) is 1. The first-order chi connectivity index (χ1) is 10.6. The van der Waals surface area contributed by atoms with E-state index in [1.807, 2.05) is 6.26 Å². The van der Waals surface area contributed by atoms with Crippen molar-refractivity contribution in [3.05, 3.63) is 0 Å². The molecule has 2 N–H and O–H groups in total. The average molecular weight is 328 g/mol. The number of carbonyl (C=O) groups is 2. The average Bonchev–Trinajstić information content (AvgIpc) is 3.06. The third-order valence-corrected chi connectivity index (χ3v) is 5.67. The Kier molecular flexibility index (Phi) is 6.56. The van der Waals surface area contributed by atoms with Crippen LogP contribution in [0.15, 0.2) is 0 Å². The zero-order valence-corrected chi connectivity index (χ0v) is 14.3. The van der Waals surface area contributed by atoms with E-state index in [2.05, 4.69) is 10.2 Å². The molecule has 126 valence electrons. The van der Waals surface area contributed by atoms with Crippen LogP contribution in [-0.2, 0) is 9.59 Å². The lowest BCUT2D eigenvalue weighted by Crippen LogP contribution is -2.61. The molecule has 0 aromatic rings. The zero-order chi connectivity index (χ0) is 16.0. The Hall–Kier alpha value is -0.750. The summed E-state index contributed by atoms with van der Waals surface area (Å²) in [5, 5.41) is 12.2. The summed E-state index contributed by atoms with van der Waals surface area (Å²) in [5.41, 5.74) is -0.457. The number of thioether (sulfide) groups is 1. The highest BCUT2D eigenvalue weighted by molar-refractivity contribution is 7.98. The fourth-order valence-electron chi connectivity index (χ4n) is 3.75. The number of amides is 1. The predicted octanol–water partition coefficient (Wildman–Crippen LogP) is 2.11. The summed E-state index contributed by atoms with van der Waals surface area (Å²) < 4.78 is 0. The van der Waals surface area contributed by atoms with Crippen molar-refractivity contribution in [1.29, 1.82) is 0 Å². The van der Waals surface area contributed by atoms with E-state index in [-0.39, 0.29) is 5.91 Å². The van der Waals surface area contributed by atoms with E-state index in [0.29, 0.717) is 6.42 Å². The molecule has 1 saturated heterocycles. The first-order valence-corrected chi connectivity index (χ1v) is 9.77. The molecule has 0 bridgehead atoms. The Morgan fingerprint density at radius 1 is 1.18 bits per heavy atom. The van der Waals surface area contributed by atoms with Crippen LogP contribution in [0.1, 0.15) is 51.4 Å². The van der Waals surface area contributed by atoms with Gasteiger partial charge >= 0.3 is 5.97 Å². The van der Waals surface area contributed by atoms with Crippen molar-refractivity contribution in [2.45, 2.75) is 62.9 Å². The van der Waals surface area contributed by atoms with Gasteiger partial charge in [-0.2, -0.15) is 11.8 Å². The standard InChI is InChI=1S/C16H28N2O3S/c1-22-12-7-13(14(19)20)17-15(21)16(8-3-2-4-9-16)18-10-5-6-11-18/h13H,2-12H2,1H3,(H,17,21)(H,19,20). The Labute approximate surface area is 137 Å². The van der Waals surface area contributed by atoms with Gasteiger partial charge in [0, 0.05) is 0 Å². The fourth-order valence-corrected chi connectivity index (χ4v) is 4.23. The topological polar surface area (TPSA) is 69.6 Å². The van der Waals surface area contributed by atoms with Gasteiger partial charge in [-0.25, -0.2) is 4.79 Å². The number of nitrogens with one attached hydrogen (secondary N) is 1. The summed E-state index contributed by atoms with van der Waals surface area (Å²) in [4.78, 5) is 26.7. The predicted molar refractivity (Wildman–Crippen MR) is 89.2 cm³/mol. The van der Waals surface area contributed by atoms with Crippen LogP contribution in [0.3, 0.4) is 0 Å². The van der Waals surface area contributed by atoms with E-state index in [1.165, 1.54) is 6.42 Å². The number of nitrogens with zero attached hydrogens (tertiary/aromatic N) is 1. The number of carbonyl (C=O) groups excluding carboxylic acids is 1. The van der Waals surface area contributed by atoms with E-state index in [0.717, 1.165) is 57.4 Å². The number of rotatable bonds is 7. The third kappa shape index (κ3) is 3.96. The quantitative estimate of drug-likeness (QED) is 0.749. The molecule has 1 amide bonds. The monoisotopic (exact) mass is 328 g/mol. The van der Waals surface area contributed by atoms with Gasteiger partial charge in [-0.15, -0.1) is 0 Å². The highest BCUT2D eigenvalue weighted by atomic mass is 32.2. The summed E-state index contributed by atoms with van der Waals surface area (Å²) in [6, 6.07) is -0.763. The minimum absolute atomic E-state index is 0.0531. The van der Waals surface area contributed by atoms with Crippen molar-refractivity contribution >= 4 is 23.6 Å². The molecule has 2 aliphatic rings. The van der Waals surface area contributed by atoms with Gasteiger partial charge < -0.3 is 10.4 Å². The van der Waals surface area contributed by atoms with Crippen molar-refractivity contribution in [1.82, 2.24) is 10.2 Å². The molecule has 5 nitrogen and oxygen atoms in total. The zero-order valence-electron chi connectivity index (χ0n) is 13.5. The summed E-state index contributed by atoms with van der Waals surface area (Å²) >= 11 is 1.61. The van der Waals surface area contributed by atoms with Gasteiger partial charge in [0.15, 0.2) is 0 Å². The highest BCUT2D eigenvalue weighted by Gasteiger charge is 2.46. The van der Waals surface area contributed by atoms with Crippen LogP contribution in [-0.4, -0.2) is 58.6 Å². The van der Waals surface area contributed by atoms with Gasteiger partial charge in [0.1, 0.15) is 11.6 Å². The largest absolute Gasteiger partial charge is 0.480 e. The van der Waals surface area contributed by atoms with Gasteiger partial charge in [0.2, 0.25) is 5.91 Å². The van der Waals surface area contributed by atoms with Crippen LogP contribution in [0.5, 0.6) is 0 Å². The van der Waals surface area contributed by atoms with Gasteiger partial charge in [0.05, 0.1) is 0 Å². The van der Waals surface area contributed by atoms with Gasteiger partial charge in [0.25, 0.3) is 0 Å². The molecule has 0 radical (unpaired) electrons. The Bertz CT molecular complexity index is 391. The second kappa shape index (κ2) is 8.20. The molecule has 1 heterocycles. The molecule has 0 aromatic heterocycles. The first-order valence-electron chi connectivity index (χ1n) is 8.38. The smallest absolute Gasteiger partial charge is 0.326 e. The lowest BCUT2D eigenvalue weighted by atomic mass is 9.79. The molecule has 1 aliphatic carbocycles. The number of aliphatic carboxylic acids is 1. The fraction of sp³-hybridized carbons (Fsp3) is 0.875. The first kappa shape index (κ1) is 17.6. The maximum Gasteiger partial charge on any atom is 0.326 e. The van der Waals surface area contributed by atoms with Crippen molar-refractivity contribution in [3.8, 4) is 0 Å². The van der Waals surface area contributed by atoms with Crippen molar-refractivity contribution in [2.24, 2.45) is 0 Å². The SMILES string of the molecule is CSCCC(NC(=O)C1(N2CCCC2)CCCCC1)C(=O)O. The molecule has 2 fully saturated rings. The van der Waals surface area contributed by atoms with Crippen LogP contribution in [0.2, 0.25) is 0 Å². The second-order valence-electron chi connectivity index (χ2n) is 6.43. The summed E-state index contributed by atoms with van der Waals surface area (Å²) in [5.74, 6) is -0.231. The van der Waals surface area contributed by atoms with Crippen LogP contribution < -0.4 is 5.32 Å². The Balaban J connectivity index is 2.08. The summed E-state index contributed by atoms with van der Waals surface area (Å²) in [7, 11) is 0. The molecule has 1 atom stereocenters. The molecule has 22 heavy (non-hydrogen) atoms. The van der Waals surface area contributed by atoms with Crippen LogP contribution >= 0.6 is 11.8 Å². The maximum absolute atomic E-state index is 13.0. The van der Waals surface area contributed by atoms with E-state index in [1.54, 1.807) is 11.8 Å². The van der Waals surface area contributed by atoms with Crippen molar-refractivity contribution in [3.63, 3.8) is 0 Å². The van der Waals surface area contributed by atoms with E-state index in [9.17, 15) is 14.7 Å². The molecule has 1 aliphatic heterocycles. The van der Waals surface area contributed by atoms with Crippen LogP contribution in [0, 0.1) is 0 Å². The normalized spacial score (nSPS) is 23.1. The highest BCUT2D eigenvalue weighted by Crippen LogP contribution is 2.36. The van der Waals surface area contributed by atoms with Crippen LogP contribution in [0.4, 0.5) is 0 Å². The van der Waals surface area contributed by atoms with Gasteiger partial charge in [-0.05, 0) is 57.2 Å². The Morgan fingerprint density at radius 3 is 2.36 bits per heavy atom. The van der Waals surface area contributed by atoms with E-state index in [4.69, 9.17) is 0 Å². The number of carboxylic acid groups (broad SMARTS) is 1.